The fraction of sp³-hybridized carbons (Fsp3) is 0.154. The fourth-order valence-corrected chi connectivity index (χ4v) is 4.86. The Morgan fingerprint density at radius 3 is 1.50 bits per heavy atom. The van der Waals surface area contributed by atoms with Crippen LogP contribution in [0.2, 0.25) is 10.0 Å². The molecule has 0 amide bonds. The molecule has 0 heterocycles. The number of fused-ring (bicyclic) bond motifs is 2. The Labute approximate surface area is 176 Å². The van der Waals surface area contributed by atoms with Crippen molar-refractivity contribution in [3.63, 3.8) is 0 Å². The number of allylic oxidation sites excluding steroid dienone is 2. The highest BCUT2D eigenvalue weighted by atomic mass is 35.5. The molecule has 0 saturated carbocycles. The summed E-state index contributed by atoms with van der Waals surface area (Å²) in [7, 11) is 0. The summed E-state index contributed by atoms with van der Waals surface area (Å²) < 4.78 is 0. The van der Waals surface area contributed by atoms with Crippen LogP contribution < -0.4 is 0 Å². The predicted molar refractivity (Wildman–Crippen MR) is 120 cm³/mol. The maximum absolute atomic E-state index is 6.41. The molecule has 2 aliphatic carbocycles. The topological polar surface area (TPSA) is 0 Å². The highest BCUT2D eigenvalue weighted by Gasteiger charge is 2.22. The van der Waals surface area contributed by atoms with Gasteiger partial charge in [-0.1, -0.05) is 96.0 Å². The van der Waals surface area contributed by atoms with Gasteiger partial charge in [-0.25, -0.2) is 0 Å². The molecule has 2 atom stereocenters. The second-order valence-electron chi connectivity index (χ2n) is 7.63. The van der Waals surface area contributed by atoms with E-state index < -0.39 is 0 Å². The zero-order valence-corrected chi connectivity index (χ0v) is 16.9. The van der Waals surface area contributed by atoms with Gasteiger partial charge in [0.1, 0.15) is 0 Å². The van der Waals surface area contributed by atoms with Gasteiger partial charge in [-0.15, -0.1) is 0 Å². The molecule has 0 radical (unpaired) electrons. The van der Waals surface area contributed by atoms with Gasteiger partial charge in [0.05, 0.1) is 10.0 Å². The van der Waals surface area contributed by atoms with Crippen molar-refractivity contribution in [2.45, 2.75) is 24.7 Å². The van der Waals surface area contributed by atoms with E-state index in [1.54, 1.807) is 0 Å². The summed E-state index contributed by atoms with van der Waals surface area (Å²) in [4.78, 5) is 0. The number of rotatable bonds is 4. The smallest absolute Gasteiger partial charge is 0.0595 e. The van der Waals surface area contributed by atoms with E-state index in [0.717, 1.165) is 12.8 Å². The van der Waals surface area contributed by atoms with Crippen LogP contribution >= 0.6 is 23.2 Å². The van der Waals surface area contributed by atoms with Crippen LogP contribution in [0.3, 0.4) is 0 Å². The quantitative estimate of drug-likeness (QED) is 0.419. The van der Waals surface area contributed by atoms with Crippen molar-refractivity contribution in [3.05, 3.63) is 116 Å². The van der Waals surface area contributed by atoms with Crippen LogP contribution in [0.4, 0.5) is 0 Å². The third-order valence-electron chi connectivity index (χ3n) is 5.93. The molecule has 0 spiro atoms. The Bertz CT molecular complexity index is 1020. The lowest BCUT2D eigenvalue weighted by Gasteiger charge is -2.18. The SMILES string of the molecule is Clc1cc(CC2C=Cc3ccccc32)c(CC2C=Cc3ccccc32)cc1Cl. The van der Waals surface area contributed by atoms with Crippen LogP contribution in [0.15, 0.2) is 72.8 Å². The second-order valence-corrected chi connectivity index (χ2v) is 8.45. The number of benzene rings is 3. The fourth-order valence-electron chi connectivity index (χ4n) is 4.49. The number of hydrogen-bond acceptors (Lipinski definition) is 0. The van der Waals surface area contributed by atoms with Crippen molar-refractivity contribution in [2.24, 2.45) is 0 Å². The maximum atomic E-state index is 6.41. The van der Waals surface area contributed by atoms with Crippen molar-refractivity contribution in [3.8, 4) is 0 Å². The van der Waals surface area contributed by atoms with E-state index in [9.17, 15) is 0 Å². The zero-order valence-electron chi connectivity index (χ0n) is 15.4. The van der Waals surface area contributed by atoms with Gasteiger partial charge < -0.3 is 0 Å². The van der Waals surface area contributed by atoms with E-state index in [1.807, 2.05) is 0 Å². The molecule has 0 N–H and O–H groups in total. The average Bonchev–Trinajstić information content (AvgIpc) is 3.30. The van der Waals surface area contributed by atoms with E-state index in [2.05, 4.69) is 85.0 Å². The summed E-state index contributed by atoms with van der Waals surface area (Å²) in [5.74, 6) is 0.775. The van der Waals surface area contributed by atoms with Crippen molar-refractivity contribution < 1.29 is 0 Å². The minimum Gasteiger partial charge on any atom is -0.0827 e. The third-order valence-corrected chi connectivity index (χ3v) is 6.65. The van der Waals surface area contributed by atoms with Gasteiger partial charge in [0.25, 0.3) is 0 Å². The van der Waals surface area contributed by atoms with Crippen molar-refractivity contribution in [1.29, 1.82) is 0 Å². The standard InChI is InChI=1S/C26H20Cl2/c27-25-15-21(13-19-11-9-17-5-1-3-7-23(17)19)22(16-26(25)28)14-20-12-10-18-6-2-4-8-24(18)20/h1-12,15-16,19-20H,13-14H2. The molecule has 2 heteroatoms. The summed E-state index contributed by atoms with van der Waals surface area (Å²) in [5.41, 5.74) is 8.01. The molecule has 3 aromatic carbocycles. The molecule has 0 aliphatic heterocycles. The molecular weight excluding hydrogens is 383 g/mol. The molecule has 0 nitrogen and oxygen atoms in total. The monoisotopic (exact) mass is 402 g/mol. The summed E-state index contributed by atoms with van der Waals surface area (Å²) in [6.07, 6.45) is 11.0. The average molecular weight is 403 g/mol. The molecule has 0 aromatic heterocycles. The predicted octanol–water partition coefficient (Wildman–Crippen LogP) is 7.70. The molecule has 28 heavy (non-hydrogen) atoms. The van der Waals surface area contributed by atoms with Gasteiger partial charge in [0, 0.05) is 11.8 Å². The molecule has 3 aromatic rings. The van der Waals surface area contributed by atoms with E-state index >= 15 is 0 Å². The van der Waals surface area contributed by atoms with Gasteiger partial charge in [-0.05, 0) is 58.4 Å². The van der Waals surface area contributed by atoms with E-state index in [4.69, 9.17) is 23.2 Å². The summed E-state index contributed by atoms with van der Waals surface area (Å²) in [5, 5.41) is 1.27. The Hall–Kier alpha value is -2.28. The van der Waals surface area contributed by atoms with Crippen LogP contribution in [-0.4, -0.2) is 0 Å². The minimum atomic E-state index is 0.388. The lowest BCUT2D eigenvalue weighted by atomic mass is 9.87. The molecule has 0 bridgehead atoms. The zero-order chi connectivity index (χ0) is 19.1. The summed E-state index contributed by atoms with van der Waals surface area (Å²) >= 11 is 12.8. The molecule has 2 unspecified atom stereocenters. The molecule has 5 rings (SSSR count). The van der Waals surface area contributed by atoms with Gasteiger partial charge in [0.2, 0.25) is 0 Å². The van der Waals surface area contributed by atoms with Gasteiger partial charge in [-0.2, -0.15) is 0 Å². The maximum Gasteiger partial charge on any atom is 0.0595 e. The first-order chi connectivity index (χ1) is 13.7. The lowest BCUT2D eigenvalue weighted by Crippen LogP contribution is -2.06. The highest BCUT2D eigenvalue weighted by Crippen LogP contribution is 2.38. The van der Waals surface area contributed by atoms with Crippen LogP contribution in [0.25, 0.3) is 12.2 Å². The number of halogens is 2. The lowest BCUT2D eigenvalue weighted by molar-refractivity contribution is 0.799. The van der Waals surface area contributed by atoms with Gasteiger partial charge >= 0.3 is 0 Å². The Morgan fingerprint density at radius 1 is 0.607 bits per heavy atom. The molecular formula is C26H20Cl2. The first-order valence-electron chi connectivity index (χ1n) is 9.70. The number of hydrogen-bond donors (Lipinski definition) is 0. The Morgan fingerprint density at radius 2 is 1.04 bits per heavy atom. The van der Waals surface area contributed by atoms with E-state index in [1.165, 1.54) is 33.4 Å². The molecule has 0 saturated heterocycles. The van der Waals surface area contributed by atoms with Crippen LogP contribution in [0, 0.1) is 0 Å². The van der Waals surface area contributed by atoms with E-state index in [-0.39, 0.29) is 0 Å². The van der Waals surface area contributed by atoms with Gasteiger partial charge in [-0.3, -0.25) is 0 Å². The highest BCUT2D eigenvalue weighted by molar-refractivity contribution is 6.42. The molecule has 2 aliphatic rings. The first-order valence-corrected chi connectivity index (χ1v) is 10.5. The van der Waals surface area contributed by atoms with Crippen molar-refractivity contribution in [1.82, 2.24) is 0 Å². The van der Waals surface area contributed by atoms with Crippen molar-refractivity contribution >= 4 is 35.4 Å². The summed E-state index contributed by atoms with van der Waals surface area (Å²) in [6, 6.07) is 21.4. The summed E-state index contributed by atoms with van der Waals surface area (Å²) in [6.45, 7) is 0. The van der Waals surface area contributed by atoms with Crippen LogP contribution in [0.1, 0.15) is 45.2 Å². The first kappa shape index (κ1) is 17.8. The van der Waals surface area contributed by atoms with Crippen LogP contribution in [-0.2, 0) is 12.8 Å². The van der Waals surface area contributed by atoms with Crippen molar-refractivity contribution in [2.75, 3.05) is 0 Å². The van der Waals surface area contributed by atoms with Gasteiger partial charge in [0.15, 0.2) is 0 Å². The minimum absolute atomic E-state index is 0.388. The Balaban J connectivity index is 1.47. The third kappa shape index (κ3) is 3.21. The van der Waals surface area contributed by atoms with E-state index in [0.29, 0.717) is 21.9 Å². The largest absolute Gasteiger partial charge is 0.0827 e. The van der Waals surface area contributed by atoms with Crippen LogP contribution in [0.5, 0.6) is 0 Å². The molecule has 0 fully saturated rings. The molecule has 138 valence electrons. The Kier molecular flexibility index (Phi) is 4.62. The normalized spacial score (nSPS) is 19.1. The second kappa shape index (κ2) is 7.28.